The van der Waals surface area contributed by atoms with Gasteiger partial charge in [-0.25, -0.2) is 8.42 Å². The summed E-state index contributed by atoms with van der Waals surface area (Å²) in [6, 6.07) is 12.4. The summed E-state index contributed by atoms with van der Waals surface area (Å²) in [6.45, 7) is 1.61. The third kappa shape index (κ3) is 3.12. The maximum absolute atomic E-state index is 12.5. The van der Waals surface area contributed by atoms with Crippen LogP contribution < -0.4 is 10.0 Å². The quantitative estimate of drug-likeness (QED) is 0.877. The van der Waals surface area contributed by atoms with Crippen molar-refractivity contribution >= 4 is 31.6 Å². The first-order valence-corrected chi connectivity index (χ1v) is 8.94. The largest absolute Gasteiger partial charge is 0.312 e. The Morgan fingerprint density at radius 3 is 2.76 bits per heavy atom. The van der Waals surface area contributed by atoms with Gasteiger partial charge in [-0.05, 0) is 48.4 Å². The van der Waals surface area contributed by atoms with Gasteiger partial charge in [-0.3, -0.25) is 4.72 Å². The Labute approximate surface area is 132 Å². The van der Waals surface area contributed by atoms with Crippen LogP contribution in [0.25, 0.3) is 0 Å². The molecule has 0 aromatic heterocycles. The average molecular weight is 367 g/mol. The summed E-state index contributed by atoms with van der Waals surface area (Å²) in [7, 11) is -3.58. The molecule has 2 aromatic carbocycles. The van der Waals surface area contributed by atoms with Crippen LogP contribution in [0.3, 0.4) is 0 Å². The van der Waals surface area contributed by atoms with Crippen LogP contribution in [0.15, 0.2) is 51.8 Å². The Bertz CT molecular complexity index is 775. The Morgan fingerprint density at radius 2 is 1.95 bits per heavy atom. The second-order valence-electron chi connectivity index (χ2n) is 4.93. The summed E-state index contributed by atoms with van der Waals surface area (Å²) >= 11 is 3.30. The van der Waals surface area contributed by atoms with Gasteiger partial charge in [0.05, 0.1) is 10.6 Å². The minimum atomic E-state index is -3.58. The van der Waals surface area contributed by atoms with Crippen molar-refractivity contribution in [3.63, 3.8) is 0 Å². The van der Waals surface area contributed by atoms with Crippen LogP contribution in [0.2, 0.25) is 0 Å². The van der Waals surface area contributed by atoms with Crippen LogP contribution in [0.5, 0.6) is 0 Å². The van der Waals surface area contributed by atoms with Crippen LogP contribution in [0.4, 0.5) is 5.69 Å². The van der Waals surface area contributed by atoms with Crippen molar-refractivity contribution < 1.29 is 8.42 Å². The molecule has 0 aliphatic carbocycles. The van der Waals surface area contributed by atoms with Crippen LogP contribution in [-0.2, 0) is 23.0 Å². The molecule has 2 N–H and O–H groups in total. The fourth-order valence-electron chi connectivity index (χ4n) is 2.45. The number of hydrogen-bond acceptors (Lipinski definition) is 3. The lowest BCUT2D eigenvalue weighted by Crippen LogP contribution is -2.25. The van der Waals surface area contributed by atoms with Crippen molar-refractivity contribution in [2.45, 2.75) is 17.9 Å². The highest BCUT2D eigenvalue weighted by molar-refractivity contribution is 9.10. The minimum absolute atomic E-state index is 0.248. The number of anilines is 1. The maximum Gasteiger partial charge on any atom is 0.261 e. The molecule has 0 unspecified atom stereocenters. The number of halogens is 1. The Balaban J connectivity index is 1.96. The van der Waals surface area contributed by atoms with E-state index >= 15 is 0 Å². The van der Waals surface area contributed by atoms with Gasteiger partial charge in [-0.2, -0.15) is 0 Å². The van der Waals surface area contributed by atoms with Crippen molar-refractivity contribution in [1.29, 1.82) is 0 Å². The Hall–Kier alpha value is -1.37. The van der Waals surface area contributed by atoms with E-state index in [1.165, 1.54) is 5.56 Å². The van der Waals surface area contributed by atoms with E-state index in [9.17, 15) is 8.42 Å². The molecule has 0 saturated carbocycles. The first kappa shape index (κ1) is 14.6. The van der Waals surface area contributed by atoms with E-state index in [0.29, 0.717) is 12.2 Å². The highest BCUT2D eigenvalue weighted by Gasteiger charge is 2.18. The molecular weight excluding hydrogens is 352 g/mol. The molecule has 21 heavy (non-hydrogen) atoms. The molecule has 1 aliphatic rings. The van der Waals surface area contributed by atoms with Crippen LogP contribution in [0.1, 0.15) is 11.1 Å². The fourth-order valence-corrected chi connectivity index (χ4v) is 4.14. The Morgan fingerprint density at radius 1 is 1.14 bits per heavy atom. The van der Waals surface area contributed by atoms with E-state index < -0.39 is 10.0 Å². The summed E-state index contributed by atoms with van der Waals surface area (Å²) < 4.78 is 28.4. The zero-order valence-electron chi connectivity index (χ0n) is 11.3. The number of fused-ring (bicyclic) bond motifs is 1. The minimum Gasteiger partial charge on any atom is -0.312 e. The number of nitrogens with one attached hydrogen (secondary N) is 2. The SMILES string of the molecule is O=S(=O)(Nc1cccc2c1CNCC2)c1cccc(Br)c1. The smallest absolute Gasteiger partial charge is 0.261 e. The van der Waals surface area contributed by atoms with Crippen molar-refractivity contribution in [3.8, 4) is 0 Å². The molecule has 0 atom stereocenters. The highest BCUT2D eigenvalue weighted by Crippen LogP contribution is 2.26. The summed E-state index contributed by atoms with van der Waals surface area (Å²) in [6.07, 6.45) is 0.918. The van der Waals surface area contributed by atoms with Crippen molar-refractivity contribution in [2.75, 3.05) is 11.3 Å². The molecule has 3 rings (SSSR count). The van der Waals surface area contributed by atoms with Crippen molar-refractivity contribution in [1.82, 2.24) is 5.32 Å². The summed E-state index contributed by atoms with van der Waals surface area (Å²) in [5.74, 6) is 0. The molecule has 0 spiro atoms. The van der Waals surface area contributed by atoms with E-state index in [4.69, 9.17) is 0 Å². The van der Waals surface area contributed by atoms with E-state index in [1.54, 1.807) is 30.3 Å². The summed E-state index contributed by atoms with van der Waals surface area (Å²) in [5, 5.41) is 3.27. The van der Waals surface area contributed by atoms with Gasteiger partial charge in [-0.1, -0.05) is 34.1 Å². The number of benzene rings is 2. The van der Waals surface area contributed by atoms with Gasteiger partial charge in [0.1, 0.15) is 0 Å². The van der Waals surface area contributed by atoms with E-state index in [2.05, 4.69) is 26.0 Å². The predicted molar refractivity (Wildman–Crippen MR) is 86.8 cm³/mol. The Kier molecular flexibility index (Phi) is 4.01. The number of rotatable bonds is 3. The fraction of sp³-hybridized carbons (Fsp3) is 0.200. The first-order chi connectivity index (χ1) is 10.1. The summed E-state index contributed by atoms with van der Waals surface area (Å²) in [5.41, 5.74) is 2.88. The van der Waals surface area contributed by atoms with Gasteiger partial charge in [0.25, 0.3) is 10.0 Å². The highest BCUT2D eigenvalue weighted by atomic mass is 79.9. The second-order valence-corrected chi connectivity index (χ2v) is 7.53. The summed E-state index contributed by atoms with van der Waals surface area (Å²) in [4.78, 5) is 0.248. The van der Waals surface area contributed by atoms with Gasteiger partial charge in [-0.15, -0.1) is 0 Å². The molecule has 1 aliphatic heterocycles. The molecule has 0 saturated heterocycles. The maximum atomic E-state index is 12.5. The molecule has 0 amide bonds. The molecule has 2 aromatic rings. The molecule has 4 nitrogen and oxygen atoms in total. The van der Waals surface area contributed by atoms with E-state index in [1.807, 2.05) is 12.1 Å². The van der Waals surface area contributed by atoms with Gasteiger partial charge in [0.2, 0.25) is 0 Å². The molecule has 0 bridgehead atoms. The molecule has 6 heteroatoms. The van der Waals surface area contributed by atoms with Gasteiger partial charge < -0.3 is 5.32 Å². The van der Waals surface area contributed by atoms with Gasteiger partial charge in [0, 0.05) is 11.0 Å². The third-order valence-electron chi connectivity index (χ3n) is 3.50. The molecule has 1 heterocycles. The average Bonchev–Trinajstić information content (AvgIpc) is 2.47. The number of sulfonamides is 1. The first-order valence-electron chi connectivity index (χ1n) is 6.66. The van der Waals surface area contributed by atoms with E-state index in [-0.39, 0.29) is 4.90 Å². The van der Waals surface area contributed by atoms with Gasteiger partial charge >= 0.3 is 0 Å². The zero-order valence-corrected chi connectivity index (χ0v) is 13.7. The third-order valence-corrected chi connectivity index (χ3v) is 5.35. The second kappa shape index (κ2) is 5.79. The zero-order chi connectivity index (χ0) is 14.9. The monoisotopic (exact) mass is 366 g/mol. The molecule has 0 fully saturated rings. The topological polar surface area (TPSA) is 58.2 Å². The van der Waals surface area contributed by atoms with Crippen molar-refractivity contribution in [3.05, 3.63) is 58.1 Å². The molecule has 0 radical (unpaired) electrons. The molecular formula is C15H15BrN2O2S. The standard InChI is InChI=1S/C15H15BrN2O2S/c16-12-4-2-5-13(9-12)21(19,20)18-15-6-1-3-11-7-8-17-10-14(11)15/h1-6,9,17-18H,7-8,10H2. The van der Waals surface area contributed by atoms with Crippen LogP contribution in [0, 0.1) is 0 Å². The number of hydrogen-bond donors (Lipinski definition) is 2. The van der Waals surface area contributed by atoms with Crippen LogP contribution >= 0.6 is 15.9 Å². The predicted octanol–water partition coefficient (Wildman–Crippen LogP) is 2.90. The lowest BCUT2D eigenvalue weighted by atomic mass is 10.00. The van der Waals surface area contributed by atoms with E-state index in [0.717, 1.165) is 23.0 Å². The van der Waals surface area contributed by atoms with Gasteiger partial charge in [0.15, 0.2) is 0 Å². The lowest BCUT2D eigenvalue weighted by Gasteiger charge is -2.21. The molecule has 110 valence electrons. The lowest BCUT2D eigenvalue weighted by molar-refractivity contribution is 0.600. The van der Waals surface area contributed by atoms with Crippen molar-refractivity contribution in [2.24, 2.45) is 0 Å². The normalized spacial score (nSPS) is 14.5. The van der Waals surface area contributed by atoms with Crippen LogP contribution in [-0.4, -0.2) is 15.0 Å².